The van der Waals surface area contributed by atoms with Gasteiger partial charge in [-0.15, -0.1) is 0 Å². The van der Waals surface area contributed by atoms with Crippen molar-refractivity contribution in [3.05, 3.63) is 102 Å². The van der Waals surface area contributed by atoms with E-state index in [4.69, 9.17) is 4.74 Å². The van der Waals surface area contributed by atoms with Gasteiger partial charge in [0.05, 0.1) is 0 Å². The number of halogens is 2. The Morgan fingerprint density at radius 2 is 1.73 bits per heavy atom. The molecule has 1 unspecified atom stereocenters. The zero-order valence-corrected chi connectivity index (χ0v) is 25.8. The van der Waals surface area contributed by atoms with E-state index < -0.39 is 30.1 Å². The summed E-state index contributed by atoms with van der Waals surface area (Å²) in [6.45, 7) is 7.33. The van der Waals surface area contributed by atoms with E-state index in [0.717, 1.165) is 33.5 Å². The molecule has 1 aliphatic heterocycles. The molecule has 5 rings (SSSR count). The van der Waals surface area contributed by atoms with E-state index in [1.54, 1.807) is 39.2 Å². The number of alkyl carbamates (subject to hydrolysis) is 1. The molecule has 0 bridgehead atoms. The number of amides is 2. The molecule has 8 nitrogen and oxygen atoms in total. The molecule has 234 valence electrons. The number of alkyl halides is 2. The molecule has 4 aromatic rings. The van der Waals surface area contributed by atoms with Gasteiger partial charge in [-0.25, -0.2) is 13.6 Å². The summed E-state index contributed by atoms with van der Waals surface area (Å²) in [6.07, 6.45) is 2.07. The minimum absolute atomic E-state index is 0.0690. The third-order valence-corrected chi connectivity index (χ3v) is 7.40. The van der Waals surface area contributed by atoms with Gasteiger partial charge in [0.15, 0.2) is 0 Å². The van der Waals surface area contributed by atoms with Gasteiger partial charge in [-0.05, 0) is 86.3 Å². The molecule has 1 fully saturated rings. The summed E-state index contributed by atoms with van der Waals surface area (Å²) in [5.74, 6) is -3.46. The van der Waals surface area contributed by atoms with Crippen molar-refractivity contribution in [2.75, 3.05) is 18.4 Å². The lowest BCUT2D eigenvalue weighted by atomic mass is 9.99. The summed E-state index contributed by atoms with van der Waals surface area (Å²) < 4.78 is 34.9. The Bertz CT molecular complexity index is 1660. The number of carbonyl (C=O) groups is 2. The Balaban J connectivity index is 1.38. The summed E-state index contributed by atoms with van der Waals surface area (Å²) >= 11 is 0. The largest absolute Gasteiger partial charge is 0.444 e. The Morgan fingerprint density at radius 1 is 0.956 bits per heavy atom. The number of carbonyl (C=O) groups excluding carboxylic acids is 2. The van der Waals surface area contributed by atoms with E-state index >= 15 is 0 Å². The van der Waals surface area contributed by atoms with Crippen LogP contribution in [0.5, 0.6) is 0 Å². The monoisotopic (exact) mass is 613 g/mol. The fourth-order valence-corrected chi connectivity index (χ4v) is 5.19. The van der Waals surface area contributed by atoms with Crippen LogP contribution >= 0.6 is 0 Å². The molecule has 2 N–H and O–H groups in total. The summed E-state index contributed by atoms with van der Waals surface area (Å²) in [4.78, 5) is 36.3. The van der Waals surface area contributed by atoms with E-state index in [1.807, 2.05) is 78.6 Å². The second-order valence-electron chi connectivity index (χ2n) is 12.3. The first-order valence-electron chi connectivity index (χ1n) is 14.8. The predicted octanol–water partition coefficient (Wildman–Crippen LogP) is 7.11. The van der Waals surface area contributed by atoms with Gasteiger partial charge in [-0.3, -0.25) is 19.7 Å². The average Bonchev–Trinajstić information content (AvgIpc) is 2.99. The number of nitrogens with one attached hydrogen (secondary N) is 2. The lowest BCUT2D eigenvalue weighted by Crippen LogP contribution is -2.58. The molecule has 10 heteroatoms. The maximum atomic E-state index is 14.8. The number of hydrogen-bond donors (Lipinski definition) is 2. The zero-order chi connectivity index (χ0) is 32.2. The first kappa shape index (κ1) is 31.7. The number of rotatable bonds is 7. The molecule has 0 saturated carbocycles. The highest BCUT2D eigenvalue weighted by atomic mass is 19.3. The van der Waals surface area contributed by atoms with Crippen LogP contribution in [0.15, 0.2) is 85.2 Å². The highest BCUT2D eigenvalue weighted by Gasteiger charge is 2.45. The SMILES string of the molecule is Cc1ccc(-c2cc(CN3CCC(F)(F)C(NC(=O)OC(C)(C)C)C3)cc(NC(=O)c3cc(-c4ccccc4)ccn3)c2)cn1. The number of hydrogen-bond acceptors (Lipinski definition) is 6. The van der Waals surface area contributed by atoms with Gasteiger partial charge in [0, 0.05) is 55.4 Å². The number of ether oxygens (including phenoxy) is 1. The third kappa shape index (κ3) is 8.48. The van der Waals surface area contributed by atoms with Crippen LogP contribution in [0, 0.1) is 6.92 Å². The fourth-order valence-electron chi connectivity index (χ4n) is 5.19. The summed E-state index contributed by atoms with van der Waals surface area (Å²) in [5, 5.41) is 5.34. The molecule has 2 aromatic carbocycles. The van der Waals surface area contributed by atoms with Crippen molar-refractivity contribution in [1.82, 2.24) is 20.2 Å². The summed E-state index contributed by atoms with van der Waals surface area (Å²) in [7, 11) is 0. The smallest absolute Gasteiger partial charge is 0.408 e. The zero-order valence-electron chi connectivity index (χ0n) is 25.8. The van der Waals surface area contributed by atoms with Crippen molar-refractivity contribution in [1.29, 1.82) is 0 Å². The lowest BCUT2D eigenvalue weighted by molar-refractivity contribution is -0.0859. The van der Waals surface area contributed by atoms with Crippen LogP contribution in [-0.4, -0.2) is 57.5 Å². The number of aromatic nitrogens is 2. The number of nitrogens with zero attached hydrogens (tertiary/aromatic N) is 3. The highest BCUT2D eigenvalue weighted by molar-refractivity contribution is 6.03. The topological polar surface area (TPSA) is 96.5 Å². The molecule has 1 atom stereocenters. The molecule has 3 heterocycles. The predicted molar refractivity (Wildman–Crippen MR) is 170 cm³/mol. The molecule has 1 saturated heterocycles. The van der Waals surface area contributed by atoms with Gasteiger partial charge in [-0.1, -0.05) is 36.4 Å². The van der Waals surface area contributed by atoms with Crippen LogP contribution in [0.1, 0.15) is 48.9 Å². The first-order chi connectivity index (χ1) is 21.3. The van der Waals surface area contributed by atoms with Crippen LogP contribution in [0.2, 0.25) is 0 Å². The van der Waals surface area contributed by atoms with Gasteiger partial charge >= 0.3 is 6.09 Å². The normalized spacial score (nSPS) is 16.5. The van der Waals surface area contributed by atoms with Crippen LogP contribution in [-0.2, 0) is 11.3 Å². The first-order valence-corrected chi connectivity index (χ1v) is 14.8. The molecule has 2 aromatic heterocycles. The Hall–Kier alpha value is -4.70. The molecule has 2 amide bonds. The highest BCUT2D eigenvalue weighted by Crippen LogP contribution is 2.31. The number of pyridine rings is 2. The Morgan fingerprint density at radius 3 is 2.44 bits per heavy atom. The molecule has 0 radical (unpaired) electrons. The van der Waals surface area contributed by atoms with E-state index in [2.05, 4.69) is 20.6 Å². The van der Waals surface area contributed by atoms with Gasteiger partial charge in [0.2, 0.25) is 0 Å². The van der Waals surface area contributed by atoms with Crippen molar-refractivity contribution in [2.45, 2.75) is 58.2 Å². The van der Waals surface area contributed by atoms with E-state index in [-0.39, 0.29) is 24.7 Å². The number of anilines is 1. The lowest BCUT2D eigenvalue weighted by Gasteiger charge is -2.38. The van der Waals surface area contributed by atoms with E-state index in [0.29, 0.717) is 12.2 Å². The number of piperidine rings is 1. The van der Waals surface area contributed by atoms with Crippen LogP contribution < -0.4 is 10.6 Å². The number of likely N-dealkylation sites (tertiary alicyclic amines) is 1. The Labute approximate surface area is 261 Å². The van der Waals surface area contributed by atoms with Crippen molar-refractivity contribution in [2.24, 2.45) is 0 Å². The van der Waals surface area contributed by atoms with Crippen LogP contribution in [0.25, 0.3) is 22.3 Å². The average molecular weight is 614 g/mol. The van der Waals surface area contributed by atoms with Gasteiger partial charge in [-0.2, -0.15) is 0 Å². The molecule has 0 spiro atoms. The van der Waals surface area contributed by atoms with E-state index in [1.165, 1.54) is 0 Å². The van der Waals surface area contributed by atoms with Crippen LogP contribution in [0.3, 0.4) is 0 Å². The Kier molecular flexibility index (Phi) is 9.24. The second kappa shape index (κ2) is 13.1. The number of benzene rings is 2. The quantitative estimate of drug-likeness (QED) is 0.231. The number of aryl methyl sites for hydroxylation is 1. The maximum Gasteiger partial charge on any atom is 0.408 e. The molecular formula is C35H37F2N5O3. The maximum absolute atomic E-state index is 14.8. The third-order valence-electron chi connectivity index (χ3n) is 7.40. The van der Waals surface area contributed by atoms with Gasteiger partial charge in [0.25, 0.3) is 11.8 Å². The van der Waals surface area contributed by atoms with Crippen molar-refractivity contribution in [3.63, 3.8) is 0 Å². The molecule has 45 heavy (non-hydrogen) atoms. The fraction of sp³-hybridized carbons (Fsp3) is 0.314. The van der Waals surface area contributed by atoms with Gasteiger partial charge in [0.1, 0.15) is 17.3 Å². The minimum atomic E-state index is -3.08. The summed E-state index contributed by atoms with van der Waals surface area (Å²) in [5.41, 5.74) is 5.15. The van der Waals surface area contributed by atoms with Crippen molar-refractivity contribution < 1.29 is 23.1 Å². The minimum Gasteiger partial charge on any atom is -0.444 e. The molecule has 0 aliphatic carbocycles. The summed E-state index contributed by atoms with van der Waals surface area (Å²) in [6, 6.07) is 21.4. The molecular weight excluding hydrogens is 576 g/mol. The standard InChI is InChI=1S/C35H37F2N5O3/c1-23-10-11-27(20-39-23)28-16-24(21-42-15-13-35(36,37)31(22-42)41-33(44)45-34(2,3)4)17-29(18-28)40-32(43)30-19-26(12-14-38-30)25-8-6-5-7-9-25/h5-12,14,16-20,31H,13,15,21-22H2,1-4H3,(H,40,43)(H,41,44). The van der Waals surface area contributed by atoms with Crippen LogP contribution in [0.4, 0.5) is 19.3 Å². The molecule has 1 aliphatic rings. The van der Waals surface area contributed by atoms with Gasteiger partial charge < -0.3 is 15.4 Å². The van der Waals surface area contributed by atoms with E-state index in [9.17, 15) is 18.4 Å². The van der Waals surface area contributed by atoms with Crippen molar-refractivity contribution >= 4 is 17.7 Å². The second-order valence-corrected chi connectivity index (χ2v) is 12.3. The van der Waals surface area contributed by atoms with Crippen molar-refractivity contribution in [3.8, 4) is 22.3 Å².